The Balaban J connectivity index is 1.75. The van der Waals surface area contributed by atoms with E-state index in [1.807, 2.05) is 6.07 Å². The van der Waals surface area contributed by atoms with Crippen LogP contribution in [0.1, 0.15) is 35.3 Å². The summed E-state index contributed by atoms with van der Waals surface area (Å²) in [6.07, 6.45) is 1.56. The molecule has 29 heavy (non-hydrogen) atoms. The maximum atomic E-state index is 12.3. The standard InChI is InChI=1S/C21H20IN3O4/c1-11(2)19(27)24-17-6-3-12(7-18(17)26)9-23-10-16-15-8-13(22)4-5-14(15)20(28)25-21(16)29/h3-8,10-11,23,26H,9H2,1-2H3,(H,24,27)(H,25,28,29)/b16-10-. The van der Waals surface area contributed by atoms with E-state index in [9.17, 15) is 19.5 Å². The van der Waals surface area contributed by atoms with E-state index in [4.69, 9.17) is 0 Å². The SMILES string of the molecule is CC(C)C(=O)Nc1ccc(CN/C=C2\C(=O)NC(=O)c3ccc(I)cc32)cc1O. The van der Waals surface area contributed by atoms with Crippen LogP contribution in [-0.2, 0) is 16.1 Å². The first-order chi connectivity index (χ1) is 13.8. The maximum Gasteiger partial charge on any atom is 0.260 e. The van der Waals surface area contributed by atoms with Gasteiger partial charge in [-0.1, -0.05) is 19.9 Å². The van der Waals surface area contributed by atoms with E-state index in [0.29, 0.717) is 28.9 Å². The summed E-state index contributed by atoms with van der Waals surface area (Å²) in [5, 5.41) is 18.2. The average molecular weight is 505 g/mol. The Kier molecular flexibility index (Phi) is 6.21. The van der Waals surface area contributed by atoms with Gasteiger partial charge >= 0.3 is 0 Å². The molecule has 3 amide bonds. The number of halogens is 1. The molecule has 0 radical (unpaired) electrons. The van der Waals surface area contributed by atoms with Gasteiger partial charge in [-0.3, -0.25) is 19.7 Å². The molecule has 0 aromatic heterocycles. The zero-order chi connectivity index (χ0) is 21.1. The number of nitrogens with one attached hydrogen (secondary N) is 3. The Labute approximate surface area is 181 Å². The van der Waals surface area contributed by atoms with Crippen molar-refractivity contribution in [2.75, 3.05) is 5.32 Å². The summed E-state index contributed by atoms with van der Waals surface area (Å²) >= 11 is 2.13. The lowest BCUT2D eigenvalue weighted by molar-refractivity contribution is -0.119. The number of aromatic hydroxyl groups is 1. The van der Waals surface area contributed by atoms with Crippen LogP contribution in [0.25, 0.3) is 5.57 Å². The van der Waals surface area contributed by atoms with Gasteiger partial charge in [-0.25, -0.2) is 0 Å². The molecule has 0 spiro atoms. The number of phenolic OH excluding ortho intramolecular Hbond substituents is 1. The molecule has 4 N–H and O–H groups in total. The normalized spacial score (nSPS) is 14.6. The number of carbonyl (C=O) groups is 3. The van der Waals surface area contributed by atoms with Crippen LogP contribution in [-0.4, -0.2) is 22.8 Å². The van der Waals surface area contributed by atoms with Crippen LogP contribution in [0.5, 0.6) is 5.75 Å². The maximum absolute atomic E-state index is 12.3. The highest BCUT2D eigenvalue weighted by atomic mass is 127. The van der Waals surface area contributed by atoms with E-state index in [2.05, 4.69) is 38.5 Å². The number of benzene rings is 2. The molecule has 1 aliphatic rings. The first-order valence-electron chi connectivity index (χ1n) is 8.98. The van der Waals surface area contributed by atoms with Crippen molar-refractivity contribution < 1.29 is 19.5 Å². The predicted molar refractivity (Wildman–Crippen MR) is 118 cm³/mol. The fraction of sp³-hybridized carbons (Fsp3) is 0.190. The molecule has 1 heterocycles. The lowest BCUT2D eigenvalue weighted by Crippen LogP contribution is -2.37. The second-order valence-electron chi connectivity index (χ2n) is 6.91. The Morgan fingerprint density at radius 2 is 1.90 bits per heavy atom. The summed E-state index contributed by atoms with van der Waals surface area (Å²) in [6, 6.07) is 10.2. The van der Waals surface area contributed by atoms with Crippen LogP contribution in [0.15, 0.2) is 42.6 Å². The lowest BCUT2D eigenvalue weighted by Gasteiger charge is -2.18. The van der Waals surface area contributed by atoms with Crippen LogP contribution >= 0.6 is 22.6 Å². The van der Waals surface area contributed by atoms with Crippen molar-refractivity contribution in [3.8, 4) is 5.75 Å². The van der Waals surface area contributed by atoms with Crippen molar-refractivity contribution in [2.45, 2.75) is 20.4 Å². The second-order valence-corrected chi connectivity index (χ2v) is 8.15. The Morgan fingerprint density at radius 3 is 2.59 bits per heavy atom. The molecule has 2 aromatic rings. The largest absolute Gasteiger partial charge is 0.506 e. The molecule has 8 heteroatoms. The minimum atomic E-state index is -0.466. The van der Waals surface area contributed by atoms with Crippen molar-refractivity contribution in [3.63, 3.8) is 0 Å². The van der Waals surface area contributed by atoms with E-state index >= 15 is 0 Å². The van der Waals surface area contributed by atoms with Gasteiger partial charge in [-0.05, 0) is 58.5 Å². The lowest BCUT2D eigenvalue weighted by atomic mass is 9.95. The fourth-order valence-corrected chi connectivity index (χ4v) is 3.27. The highest BCUT2D eigenvalue weighted by Gasteiger charge is 2.27. The molecule has 0 atom stereocenters. The van der Waals surface area contributed by atoms with Crippen molar-refractivity contribution in [1.82, 2.24) is 10.6 Å². The molecule has 0 aliphatic carbocycles. The first kappa shape index (κ1) is 20.8. The van der Waals surface area contributed by atoms with Crippen molar-refractivity contribution in [1.29, 1.82) is 0 Å². The number of hydrogen-bond donors (Lipinski definition) is 4. The first-order valence-corrected chi connectivity index (χ1v) is 10.1. The van der Waals surface area contributed by atoms with Crippen molar-refractivity contribution in [3.05, 3.63) is 62.9 Å². The average Bonchev–Trinajstić information content (AvgIpc) is 2.66. The molecule has 1 aliphatic heterocycles. The molecule has 0 saturated carbocycles. The highest BCUT2D eigenvalue weighted by molar-refractivity contribution is 14.1. The van der Waals surface area contributed by atoms with Crippen molar-refractivity contribution in [2.24, 2.45) is 5.92 Å². The van der Waals surface area contributed by atoms with Gasteiger partial charge in [0.15, 0.2) is 0 Å². The minimum Gasteiger partial charge on any atom is -0.506 e. The Bertz CT molecular complexity index is 1030. The van der Waals surface area contributed by atoms with Gasteiger partial charge in [0.05, 0.1) is 11.3 Å². The molecular weight excluding hydrogens is 485 g/mol. The number of fused-ring (bicyclic) bond motifs is 1. The summed E-state index contributed by atoms with van der Waals surface area (Å²) in [4.78, 5) is 36.0. The number of anilines is 1. The van der Waals surface area contributed by atoms with E-state index in [1.54, 1.807) is 50.4 Å². The molecule has 0 bridgehead atoms. The molecule has 0 unspecified atom stereocenters. The zero-order valence-corrected chi connectivity index (χ0v) is 18.0. The van der Waals surface area contributed by atoms with Gasteiger partial charge < -0.3 is 15.7 Å². The summed E-state index contributed by atoms with van der Waals surface area (Å²) in [7, 11) is 0. The van der Waals surface area contributed by atoms with Gasteiger partial charge in [-0.15, -0.1) is 0 Å². The smallest absolute Gasteiger partial charge is 0.260 e. The third-order valence-electron chi connectivity index (χ3n) is 4.39. The summed E-state index contributed by atoms with van der Waals surface area (Å²) < 4.78 is 0.915. The third-order valence-corrected chi connectivity index (χ3v) is 5.06. The molecule has 2 aromatic carbocycles. The van der Waals surface area contributed by atoms with Crippen molar-refractivity contribution >= 4 is 51.6 Å². The van der Waals surface area contributed by atoms with E-state index in [0.717, 1.165) is 9.13 Å². The Hall–Kier alpha value is -2.88. The topological polar surface area (TPSA) is 108 Å². The van der Waals surface area contributed by atoms with Gasteiger partial charge in [0.25, 0.3) is 11.8 Å². The molecule has 0 fully saturated rings. The Morgan fingerprint density at radius 1 is 1.14 bits per heavy atom. The number of amides is 3. The van der Waals surface area contributed by atoms with Crippen LogP contribution < -0.4 is 16.0 Å². The van der Waals surface area contributed by atoms with Crippen LogP contribution in [0.2, 0.25) is 0 Å². The number of imide groups is 1. The number of carbonyl (C=O) groups excluding carboxylic acids is 3. The minimum absolute atomic E-state index is 0.0353. The fourth-order valence-electron chi connectivity index (χ4n) is 2.78. The number of rotatable bonds is 5. The summed E-state index contributed by atoms with van der Waals surface area (Å²) in [5.74, 6) is -1.29. The molecule has 7 nitrogen and oxygen atoms in total. The highest BCUT2D eigenvalue weighted by Crippen LogP contribution is 2.27. The van der Waals surface area contributed by atoms with Gasteiger partial charge in [-0.2, -0.15) is 0 Å². The molecule has 3 rings (SSSR count). The third kappa shape index (κ3) is 4.76. The van der Waals surface area contributed by atoms with Crippen LogP contribution in [0, 0.1) is 9.49 Å². The zero-order valence-electron chi connectivity index (χ0n) is 15.9. The summed E-state index contributed by atoms with van der Waals surface area (Å²) in [5.41, 5.74) is 2.49. The van der Waals surface area contributed by atoms with Gasteiger partial charge in [0.1, 0.15) is 5.75 Å². The van der Waals surface area contributed by atoms with Crippen LogP contribution in [0.4, 0.5) is 5.69 Å². The molecule has 0 saturated heterocycles. The monoisotopic (exact) mass is 505 g/mol. The van der Waals surface area contributed by atoms with Crippen LogP contribution in [0.3, 0.4) is 0 Å². The second kappa shape index (κ2) is 8.64. The summed E-state index contributed by atoms with van der Waals surface area (Å²) in [6.45, 7) is 3.88. The van der Waals surface area contributed by atoms with E-state index in [-0.39, 0.29) is 17.6 Å². The van der Waals surface area contributed by atoms with E-state index < -0.39 is 11.8 Å². The molecular formula is C21H20IN3O4. The quantitative estimate of drug-likeness (QED) is 0.216. The van der Waals surface area contributed by atoms with E-state index in [1.165, 1.54) is 0 Å². The van der Waals surface area contributed by atoms with Gasteiger partial charge in [0, 0.05) is 33.4 Å². The predicted octanol–water partition coefficient (Wildman–Crippen LogP) is 2.99. The van der Waals surface area contributed by atoms with Gasteiger partial charge in [0.2, 0.25) is 5.91 Å². The number of phenols is 1. The number of hydrogen-bond acceptors (Lipinski definition) is 5. The molecule has 150 valence electrons.